The Hall–Kier alpha value is -2.28. The number of rotatable bonds is 4. The van der Waals surface area contributed by atoms with Gasteiger partial charge in [-0.2, -0.15) is 0 Å². The number of aliphatic imine (C=N–C) groups is 1. The molecule has 0 unspecified atom stereocenters. The van der Waals surface area contributed by atoms with Crippen molar-refractivity contribution in [2.75, 3.05) is 0 Å². The molecule has 1 aromatic heterocycles. The lowest BCUT2D eigenvalue weighted by Crippen LogP contribution is -2.01. The molecule has 0 atom stereocenters. The van der Waals surface area contributed by atoms with E-state index in [1.54, 1.807) is 42.5 Å². The number of ketones is 1. The lowest BCUT2D eigenvalue weighted by molar-refractivity contribution is 0.103. The Morgan fingerprint density at radius 2 is 2.00 bits per heavy atom. The normalized spacial score (nSPS) is 11.0. The SMILES string of the molecule is O=C(c1ccccc1)c1cc(Cl)ccc1N=Cc1sc(=S)[nH]c1O. The molecule has 2 aromatic carbocycles. The van der Waals surface area contributed by atoms with E-state index in [1.165, 1.54) is 17.6 Å². The van der Waals surface area contributed by atoms with Gasteiger partial charge in [-0.25, -0.2) is 0 Å². The number of carbonyl (C=O) groups excluding carboxylic acids is 1. The topological polar surface area (TPSA) is 65.5 Å². The van der Waals surface area contributed by atoms with Crippen LogP contribution in [0.2, 0.25) is 5.02 Å². The number of halogens is 1. The molecule has 0 saturated carbocycles. The summed E-state index contributed by atoms with van der Waals surface area (Å²) in [5.74, 6) is -0.213. The first-order chi connectivity index (χ1) is 11.5. The van der Waals surface area contributed by atoms with Crippen molar-refractivity contribution in [3.8, 4) is 5.88 Å². The molecule has 0 aliphatic carbocycles. The van der Waals surface area contributed by atoms with Crippen LogP contribution in [0.1, 0.15) is 20.8 Å². The van der Waals surface area contributed by atoms with Gasteiger partial charge in [-0.05, 0) is 30.4 Å². The number of hydrogen-bond acceptors (Lipinski definition) is 5. The lowest BCUT2D eigenvalue weighted by Gasteiger charge is -2.05. The van der Waals surface area contributed by atoms with Gasteiger partial charge in [0.15, 0.2) is 9.74 Å². The number of aromatic nitrogens is 1. The molecule has 0 spiro atoms. The first kappa shape index (κ1) is 16.6. The average Bonchev–Trinajstić information content (AvgIpc) is 2.91. The number of benzene rings is 2. The largest absolute Gasteiger partial charge is 0.494 e. The minimum atomic E-state index is -0.170. The third-order valence-corrected chi connectivity index (χ3v) is 4.61. The molecular formula is C17H11ClN2O2S2. The molecule has 0 aliphatic heterocycles. The molecule has 0 saturated heterocycles. The van der Waals surface area contributed by atoms with Crippen LogP contribution in [0.5, 0.6) is 5.88 Å². The summed E-state index contributed by atoms with van der Waals surface area (Å²) in [5.41, 5.74) is 1.41. The molecule has 3 rings (SSSR count). The summed E-state index contributed by atoms with van der Waals surface area (Å²) in [6.07, 6.45) is 1.47. The van der Waals surface area contributed by atoms with Crippen molar-refractivity contribution in [1.29, 1.82) is 0 Å². The zero-order chi connectivity index (χ0) is 17.1. The van der Waals surface area contributed by atoms with Crippen molar-refractivity contribution in [2.45, 2.75) is 0 Å². The molecule has 7 heteroatoms. The number of thiazole rings is 1. The fourth-order valence-corrected chi connectivity index (χ4v) is 3.23. The van der Waals surface area contributed by atoms with E-state index < -0.39 is 0 Å². The first-order valence-electron chi connectivity index (χ1n) is 6.90. The maximum absolute atomic E-state index is 12.7. The highest BCUT2D eigenvalue weighted by molar-refractivity contribution is 7.73. The van der Waals surface area contributed by atoms with Crippen LogP contribution in [0.3, 0.4) is 0 Å². The van der Waals surface area contributed by atoms with Crippen LogP contribution < -0.4 is 0 Å². The van der Waals surface area contributed by atoms with E-state index in [2.05, 4.69) is 9.98 Å². The van der Waals surface area contributed by atoms with Gasteiger partial charge in [0.25, 0.3) is 0 Å². The smallest absolute Gasteiger partial charge is 0.209 e. The van der Waals surface area contributed by atoms with E-state index in [9.17, 15) is 9.90 Å². The highest BCUT2D eigenvalue weighted by Crippen LogP contribution is 2.27. The van der Waals surface area contributed by atoms with Gasteiger partial charge >= 0.3 is 0 Å². The summed E-state index contributed by atoms with van der Waals surface area (Å²) in [6, 6.07) is 13.8. The van der Waals surface area contributed by atoms with Gasteiger partial charge in [0.1, 0.15) is 4.88 Å². The van der Waals surface area contributed by atoms with E-state index in [1.807, 2.05) is 6.07 Å². The van der Waals surface area contributed by atoms with Gasteiger partial charge in [0, 0.05) is 16.1 Å². The number of aromatic hydroxyl groups is 1. The van der Waals surface area contributed by atoms with Crippen molar-refractivity contribution < 1.29 is 9.90 Å². The van der Waals surface area contributed by atoms with Crippen LogP contribution in [0.15, 0.2) is 53.5 Å². The van der Waals surface area contributed by atoms with E-state index in [-0.39, 0.29) is 11.7 Å². The maximum atomic E-state index is 12.7. The summed E-state index contributed by atoms with van der Waals surface area (Å²) in [6.45, 7) is 0. The lowest BCUT2D eigenvalue weighted by atomic mass is 10.0. The molecule has 120 valence electrons. The van der Waals surface area contributed by atoms with Crippen molar-refractivity contribution in [2.24, 2.45) is 4.99 Å². The summed E-state index contributed by atoms with van der Waals surface area (Å²) < 4.78 is 0.450. The predicted octanol–water partition coefficient (Wildman–Crippen LogP) is 5.15. The Morgan fingerprint density at radius 1 is 1.25 bits per heavy atom. The number of H-pyrrole nitrogens is 1. The van der Waals surface area contributed by atoms with Crippen LogP contribution in [-0.2, 0) is 0 Å². The molecule has 0 bridgehead atoms. The average molecular weight is 375 g/mol. The number of nitrogens with zero attached hydrogens (tertiary/aromatic N) is 1. The molecule has 1 heterocycles. The summed E-state index contributed by atoms with van der Waals surface area (Å²) >= 11 is 12.2. The van der Waals surface area contributed by atoms with Crippen molar-refractivity contribution in [3.05, 3.63) is 73.5 Å². The monoisotopic (exact) mass is 374 g/mol. The highest BCUT2D eigenvalue weighted by Gasteiger charge is 2.14. The van der Waals surface area contributed by atoms with Crippen molar-refractivity contribution >= 4 is 52.8 Å². The maximum Gasteiger partial charge on any atom is 0.209 e. The van der Waals surface area contributed by atoms with Gasteiger partial charge in [-0.1, -0.05) is 53.3 Å². The second kappa shape index (κ2) is 7.09. The van der Waals surface area contributed by atoms with E-state index in [0.29, 0.717) is 30.7 Å². The Bertz CT molecular complexity index is 978. The second-order valence-corrected chi connectivity index (χ2v) is 7.00. The van der Waals surface area contributed by atoms with Gasteiger partial charge < -0.3 is 10.1 Å². The van der Waals surface area contributed by atoms with Gasteiger partial charge in [0.05, 0.1) is 11.9 Å². The summed E-state index contributed by atoms with van der Waals surface area (Å²) in [7, 11) is 0. The fraction of sp³-hybridized carbons (Fsp3) is 0. The molecule has 0 aliphatic rings. The first-order valence-corrected chi connectivity index (χ1v) is 8.50. The molecule has 4 nitrogen and oxygen atoms in total. The third kappa shape index (κ3) is 3.62. The number of hydrogen-bond donors (Lipinski definition) is 2. The van der Waals surface area contributed by atoms with Crippen LogP contribution in [-0.4, -0.2) is 22.1 Å². The molecule has 0 radical (unpaired) electrons. The van der Waals surface area contributed by atoms with Crippen molar-refractivity contribution in [1.82, 2.24) is 4.98 Å². The quantitative estimate of drug-likeness (QED) is 0.377. The van der Waals surface area contributed by atoms with Gasteiger partial charge in [-0.15, -0.1) is 0 Å². The van der Waals surface area contributed by atoms with E-state index >= 15 is 0 Å². The number of nitrogens with one attached hydrogen (secondary N) is 1. The van der Waals surface area contributed by atoms with Crippen molar-refractivity contribution in [3.63, 3.8) is 0 Å². The fourth-order valence-electron chi connectivity index (χ4n) is 2.10. The third-order valence-electron chi connectivity index (χ3n) is 3.22. The molecule has 2 N–H and O–H groups in total. The number of carbonyl (C=O) groups is 1. The predicted molar refractivity (Wildman–Crippen MR) is 99.7 cm³/mol. The Balaban J connectivity index is 2.01. The van der Waals surface area contributed by atoms with Crippen LogP contribution in [0.25, 0.3) is 0 Å². The molecular weight excluding hydrogens is 364 g/mol. The van der Waals surface area contributed by atoms with Gasteiger partial charge in [0.2, 0.25) is 5.88 Å². The Morgan fingerprint density at radius 3 is 2.67 bits per heavy atom. The molecule has 0 fully saturated rings. The van der Waals surface area contributed by atoms with Crippen LogP contribution in [0, 0.1) is 3.95 Å². The zero-order valence-corrected chi connectivity index (χ0v) is 14.6. The minimum Gasteiger partial charge on any atom is -0.494 e. The second-order valence-electron chi connectivity index (χ2n) is 4.84. The Labute approximate surface area is 152 Å². The molecule has 3 aromatic rings. The van der Waals surface area contributed by atoms with E-state index in [4.69, 9.17) is 23.8 Å². The molecule has 0 amide bonds. The standard InChI is InChI=1S/C17H11ClN2O2S2/c18-11-6-7-13(19-9-14-16(22)20-17(23)24-14)12(8-11)15(21)10-4-2-1-3-5-10/h1-9,22H,(H,20,23). The summed E-state index contributed by atoms with van der Waals surface area (Å²) in [5, 5.41) is 10.2. The molecule has 24 heavy (non-hydrogen) atoms. The Kier molecular flexibility index (Phi) is 4.89. The minimum absolute atomic E-state index is 0.0429. The highest BCUT2D eigenvalue weighted by atomic mass is 35.5. The summed E-state index contributed by atoms with van der Waals surface area (Å²) in [4.78, 5) is 20.1. The van der Waals surface area contributed by atoms with E-state index in [0.717, 1.165) is 0 Å². The van der Waals surface area contributed by atoms with Crippen LogP contribution >= 0.6 is 35.2 Å². The number of aromatic amines is 1. The van der Waals surface area contributed by atoms with Crippen LogP contribution in [0.4, 0.5) is 5.69 Å². The zero-order valence-electron chi connectivity index (χ0n) is 12.2. The van der Waals surface area contributed by atoms with Gasteiger partial charge in [-0.3, -0.25) is 9.79 Å².